The van der Waals surface area contributed by atoms with E-state index in [0.29, 0.717) is 32.2 Å². The van der Waals surface area contributed by atoms with Crippen molar-refractivity contribution in [3.8, 4) is 0 Å². The summed E-state index contributed by atoms with van der Waals surface area (Å²) >= 11 is 0. The molecule has 2 N–H and O–H groups in total. The number of carbonyl (C=O) groups excluding carboxylic acids is 2. The number of hydrogen-bond acceptors (Lipinski definition) is 7. The van der Waals surface area contributed by atoms with Crippen molar-refractivity contribution in [1.82, 2.24) is 24.3 Å². The SMILES string of the molecule is CCCN(CCC)CC(=O)N(CCCn1cnc2c1=C1C=CC=CC1N(C(C)CCN)C=2)Cc1cccc(CC(=O)OC)c1. The largest absolute Gasteiger partial charge is 0.469 e. The van der Waals surface area contributed by atoms with E-state index in [0.717, 1.165) is 67.1 Å². The van der Waals surface area contributed by atoms with Gasteiger partial charge in [-0.05, 0) is 63.4 Å². The van der Waals surface area contributed by atoms with Crippen LogP contribution in [0.2, 0.25) is 0 Å². The summed E-state index contributed by atoms with van der Waals surface area (Å²) in [7, 11) is 1.40. The summed E-state index contributed by atoms with van der Waals surface area (Å²) in [6, 6.07) is 8.36. The first-order valence-electron chi connectivity index (χ1n) is 16.1. The van der Waals surface area contributed by atoms with E-state index in [4.69, 9.17) is 15.5 Å². The maximum Gasteiger partial charge on any atom is 0.309 e. The fourth-order valence-electron chi connectivity index (χ4n) is 6.21. The van der Waals surface area contributed by atoms with E-state index in [1.165, 1.54) is 12.7 Å². The van der Waals surface area contributed by atoms with Crippen LogP contribution in [0, 0.1) is 0 Å². The molecule has 238 valence electrons. The van der Waals surface area contributed by atoms with Crippen LogP contribution in [-0.2, 0) is 33.8 Å². The highest BCUT2D eigenvalue weighted by Crippen LogP contribution is 2.23. The monoisotopic (exact) mass is 602 g/mol. The van der Waals surface area contributed by atoms with Gasteiger partial charge in [-0.25, -0.2) is 4.98 Å². The zero-order valence-corrected chi connectivity index (χ0v) is 27.0. The lowest BCUT2D eigenvalue weighted by Crippen LogP contribution is -2.49. The molecule has 4 rings (SSSR count). The number of ether oxygens (including phenoxy) is 1. The second-order valence-electron chi connectivity index (χ2n) is 11.8. The number of benzene rings is 1. The van der Waals surface area contributed by atoms with Crippen LogP contribution in [0.5, 0.6) is 0 Å². The molecule has 2 aromatic rings. The van der Waals surface area contributed by atoms with Gasteiger partial charge in [-0.2, -0.15) is 0 Å². The molecule has 1 aromatic carbocycles. The highest BCUT2D eigenvalue weighted by atomic mass is 16.5. The summed E-state index contributed by atoms with van der Waals surface area (Å²) in [6.45, 7) is 11.3. The Morgan fingerprint density at radius 3 is 2.61 bits per heavy atom. The van der Waals surface area contributed by atoms with Gasteiger partial charge in [0.2, 0.25) is 5.91 Å². The van der Waals surface area contributed by atoms with Crippen LogP contribution in [0.3, 0.4) is 0 Å². The third-order valence-corrected chi connectivity index (χ3v) is 8.38. The molecule has 1 aliphatic carbocycles. The van der Waals surface area contributed by atoms with Gasteiger partial charge in [0.1, 0.15) is 5.35 Å². The number of nitrogens with zero attached hydrogens (tertiary/aromatic N) is 5. The predicted molar refractivity (Wildman–Crippen MR) is 176 cm³/mol. The number of methoxy groups -OCH3 is 1. The van der Waals surface area contributed by atoms with Crippen molar-refractivity contribution in [3.63, 3.8) is 0 Å². The maximum absolute atomic E-state index is 13.7. The summed E-state index contributed by atoms with van der Waals surface area (Å²) in [4.78, 5) is 37.0. The Balaban J connectivity index is 1.54. The van der Waals surface area contributed by atoms with E-state index in [2.05, 4.69) is 65.6 Å². The minimum atomic E-state index is -0.272. The van der Waals surface area contributed by atoms with E-state index in [9.17, 15) is 9.59 Å². The number of rotatable bonds is 17. The molecule has 0 bridgehead atoms. The number of hydrogen-bond donors (Lipinski definition) is 1. The smallest absolute Gasteiger partial charge is 0.309 e. The van der Waals surface area contributed by atoms with Crippen molar-refractivity contribution in [1.29, 1.82) is 0 Å². The number of aromatic nitrogens is 2. The van der Waals surface area contributed by atoms with Crippen LogP contribution >= 0.6 is 0 Å². The van der Waals surface area contributed by atoms with Gasteiger partial charge in [0.25, 0.3) is 0 Å². The van der Waals surface area contributed by atoms with Crippen LogP contribution in [-0.4, -0.2) is 88.0 Å². The number of fused-ring (bicyclic) bond motifs is 2. The molecule has 2 aliphatic rings. The molecule has 0 saturated heterocycles. The first-order chi connectivity index (χ1) is 21.4. The van der Waals surface area contributed by atoms with Crippen LogP contribution < -0.4 is 16.4 Å². The fraction of sp³-hybridized carbons (Fsp3) is 0.514. The van der Waals surface area contributed by atoms with Gasteiger partial charge in [0.05, 0.1) is 37.8 Å². The number of carbonyl (C=O) groups is 2. The molecule has 2 heterocycles. The van der Waals surface area contributed by atoms with Gasteiger partial charge in [-0.15, -0.1) is 0 Å². The zero-order chi connectivity index (χ0) is 31.5. The number of nitrogens with two attached hydrogens (primary N) is 1. The maximum atomic E-state index is 13.7. The molecule has 0 spiro atoms. The van der Waals surface area contributed by atoms with Gasteiger partial charge in [0.15, 0.2) is 0 Å². The van der Waals surface area contributed by atoms with Crippen LogP contribution in [0.4, 0.5) is 0 Å². The minimum Gasteiger partial charge on any atom is -0.469 e. The van der Waals surface area contributed by atoms with Crippen LogP contribution in [0.1, 0.15) is 57.6 Å². The van der Waals surface area contributed by atoms with Crippen molar-refractivity contribution < 1.29 is 14.3 Å². The zero-order valence-electron chi connectivity index (χ0n) is 27.0. The second kappa shape index (κ2) is 16.4. The predicted octanol–water partition coefficient (Wildman–Crippen LogP) is 2.58. The van der Waals surface area contributed by atoms with E-state index >= 15 is 0 Å². The third-order valence-electron chi connectivity index (χ3n) is 8.38. The highest BCUT2D eigenvalue weighted by Gasteiger charge is 2.27. The Bertz CT molecular complexity index is 1440. The standard InChI is InChI=1S/C35H50N6O3/c1-5-17-38(18-6-2)25-33(42)39(23-29-12-9-11-28(21-29)22-34(43)44-4)19-10-20-40-26-37-31-24-41(27(3)15-16-36)32-14-8-7-13-30(32)35(31)40/h7-9,11-14,21,24,26-27,32H,5-6,10,15-20,22-23,25,36H2,1-4H3. The molecule has 0 fully saturated rings. The average Bonchev–Trinajstić information content (AvgIpc) is 3.43. The molecule has 0 saturated carbocycles. The van der Waals surface area contributed by atoms with Crippen molar-refractivity contribution in [3.05, 3.63) is 76.7 Å². The Labute approximate surface area is 262 Å². The molecule has 9 nitrogen and oxygen atoms in total. The van der Waals surface area contributed by atoms with Crippen molar-refractivity contribution in [2.45, 2.75) is 78.0 Å². The molecule has 9 heteroatoms. The highest BCUT2D eigenvalue weighted by molar-refractivity contribution is 5.78. The molecule has 1 amide bonds. The Morgan fingerprint density at radius 1 is 1.11 bits per heavy atom. The van der Waals surface area contributed by atoms with Crippen LogP contribution in [0.15, 0.2) is 54.9 Å². The van der Waals surface area contributed by atoms with E-state index in [1.807, 2.05) is 35.5 Å². The summed E-state index contributed by atoms with van der Waals surface area (Å²) in [5.74, 6) is -0.142. The first-order valence-corrected chi connectivity index (χ1v) is 16.1. The second-order valence-corrected chi connectivity index (χ2v) is 11.8. The molecule has 2 atom stereocenters. The lowest BCUT2D eigenvalue weighted by molar-refractivity contribution is -0.139. The van der Waals surface area contributed by atoms with E-state index in [-0.39, 0.29) is 24.3 Å². The molecule has 0 radical (unpaired) electrons. The van der Waals surface area contributed by atoms with Crippen molar-refractivity contribution in [2.24, 2.45) is 5.73 Å². The molecule has 1 aliphatic heterocycles. The van der Waals surface area contributed by atoms with Gasteiger partial charge in [-0.1, -0.05) is 62.4 Å². The lowest BCUT2D eigenvalue weighted by Gasteiger charge is -2.37. The number of imidazole rings is 1. The number of amides is 1. The molecular formula is C35H50N6O3. The lowest BCUT2D eigenvalue weighted by atomic mass is 9.96. The summed E-state index contributed by atoms with van der Waals surface area (Å²) in [5, 5.41) is 2.13. The molecule has 1 aromatic heterocycles. The Kier molecular flexibility index (Phi) is 12.4. The Morgan fingerprint density at radius 2 is 1.89 bits per heavy atom. The van der Waals surface area contributed by atoms with Crippen molar-refractivity contribution >= 4 is 23.6 Å². The van der Waals surface area contributed by atoms with Gasteiger partial charge in [0, 0.05) is 37.4 Å². The van der Waals surface area contributed by atoms with Gasteiger partial charge >= 0.3 is 5.97 Å². The number of aryl methyl sites for hydroxylation is 1. The number of esters is 1. The molecular weight excluding hydrogens is 552 g/mol. The summed E-state index contributed by atoms with van der Waals surface area (Å²) < 4.78 is 7.10. The van der Waals surface area contributed by atoms with Crippen molar-refractivity contribution in [2.75, 3.05) is 39.8 Å². The quantitative estimate of drug-likeness (QED) is 0.278. The van der Waals surface area contributed by atoms with E-state index in [1.54, 1.807) is 0 Å². The minimum absolute atomic E-state index is 0.130. The average molecular weight is 603 g/mol. The van der Waals surface area contributed by atoms with Crippen LogP contribution in [0.25, 0.3) is 11.8 Å². The van der Waals surface area contributed by atoms with Gasteiger partial charge < -0.3 is 24.8 Å². The Hall–Kier alpha value is -3.69. The fourth-order valence-corrected chi connectivity index (χ4v) is 6.21. The molecule has 2 unspecified atom stereocenters. The number of allylic oxidation sites excluding steroid dienone is 2. The summed E-state index contributed by atoms with van der Waals surface area (Å²) in [6.07, 6.45) is 16.7. The van der Waals surface area contributed by atoms with Gasteiger partial charge in [-0.3, -0.25) is 14.5 Å². The third kappa shape index (κ3) is 8.48. The molecule has 44 heavy (non-hydrogen) atoms. The topological polar surface area (TPSA) is 96.9 Å². The van der Waals surface area contributed by atoms with E-state index < -0.39 is 0 Å². The summed E-state index contributed by atoms with van der Waals surface area (Å²) in [5.41, 5.74) is 9.04. The normalized spacial score (nSPS) is 16.0. The first kappa shape index (κ1) is 33.2.